The van der Waals surface area contributed by atoms with Crippen LogP contribution >= 0.6 is 11.6 Å². The van der Waals surface area contributed by atoms with E-state index in [9.17, 15) is 14.9 Å². The number of carbonyl (C=O) groups excluding carboxylic acids is 1. The lowest BCUT2D eigenvalue weighted by Gasteiger charge is -2.10. The minimum Gasteiger partial charge on any atom is -0.307 e. The van der Waals surface area contributed by atoms with Crippen molar-refractivity contribution in [3.05, 3.63) is 75.8 Å². The zero-order valence-corrected chi connectivity index (χ0v) is 13.1. The normalized spacial score (nSPS) is 10.4. The van der Waals surface area contributed by atoms with Crippen LogP contribution in [-0.4, -0.2) is 11.0 Å². The summed E-state index contributed by atoms with van der Waals surface area (Å²) in [5.41, 5.74) is 0.664. The number of hydrogen-bond donors (Lipinski definition) is 2. The van der Waals surface area contributed by atoms with Gasteiger partial charge in [0.15, 0.2) is 0 Å². The molecule has 0 aromatic heterocycles. The number of fused-ring (bicyclic) bond motifs is 1. The van der Waals surface area contributed by atoms with Crippen LogP contribution in [0.1, 0.15) is 0 Å². The zero-order valence-electron chi connectivity index (χ0n) is 12.3. The van der Waals surface area contributed by atoms with Gasteiger partial charge in [-0.3, -0.25) is 10.1 Å². The standard InChI is InChI=1S/C17H12ClN3O3/c18-14-9-8-12(10-16(14)21(23)24)19-17(22)20-15-7-3-5-11-4-1-2-6-13(11)15/h1-10H,(H2,19,20,22). The number of nitro groups is 1. The maximum Gasteiger partial charge on any atom is 0.323 e. The molecule has 0 bridgehead atoms. The fraction of sp³-hybridized carbons (Fsp3) is 0. The number of carbonyl (C=O) groups is 1. The van der Waals surface area contributed by atoms with E-state index in [2.05, 4.69) is 10.6 Å². The summed E-state index contributed by atoms with van der Waals surface area (Å²) in [6, 6.07) is 16.8. The molecule has 2 amide bonds. The molecular formula is C17H12ClN3O3. The highest BCUT2D eigenvalue weighted by Crippen LogP contribution is 2.28. The van der Waals surface area contributed by atoms with E-state index in [1.54, 1.807) is 6.07 Å². The summed E-state index contributed by atoms with van der Waals surface area (Å²) in [4.78, 5) is 22.5. The van der Waals surface area contributed by atoms with Crippen LogP contribution in [0.3, 0.4) is 0 Å². The topological polar surface area (TPSA) is 84.3 Å². The maximum atomic E-state index is 12.2. The number of rotatable bonds is 3. The van der Waals surface area contributed by atoms with E-state index in [1.165, 1.54) is 18.2 Å². The molecule has 6 nitrogen and oxygen atoms in total. The van der Waals surface area contributed by atoms with Gasteiger partial charge in [-0.05, 0) is 23.6 Å². The van der Waals surface area contributed by atoms with Crippen LogP contribution in [0.2, 0.25) is 5.02 Å². The third-order valence-corrected chi connectivity index (χ3v) is 3.76. The van der Waals surface area contributed by atoms with E-state index in [0.29, 0.717) is 5.69 Å². The molecule has 0 saturated heterocycles. The fourth-order valence-electron chi connectivity index (χ4n) is 2.35. The van der Waals surface area contributed by atoms with Crippen molar-refractivity contribution in [1.82, 2.24) is 0 Å². The van der Waals surface area contributed by atoms with E-state index in [1.807, 2.05) is 36.4 Å². The number of nitrogens with one attached hydrogen (secondary N) is 2. The van der Waals surface area contributed by atoms with E-state index < -0.39 is 11.0 Å². The second-order valence-corrected chi connectivity index (χ2v) is 5.44. The number of urea groups is 1. The molecule has 0 unspecified atom stereocenters. The Morgan fingerprint density at radius 3 is 2.54 bits per heavy atom. The van der Waals surface area contributed by atoms with Crippen molar-refractivity contribution in [3.8, 4) is 0 Å². The average Bonchev–Trinajstić information content (AvgIpc) is 2.56. The molecule has 0 spiro atoms. The van der Waals surface area contributed by atoms with Gasteiger partial charge >= 0.3 is 6.03 Å². The predicted molar refractivity (Wildman–Crippen MR) is 94.7 cm³/mol. The maximum absolute atomic E-state index is 12.2. The van der Waals surface area contributed by atoms with Crippen LogP contribution in [0.5, 0.6) is 0 Å². The Morgan fingerprint density at radius 2 is 1.75 bits per heavy atom. The van der Waals surface area contributed by atoms with Gasteiger partial charge in [-0.2, -0.15) is 0 Å². The van der Waals surface area contributed by atoms with Crippen LogP contribution < -0.4 is 10.6 Å². The highest BCUT2D eigenvalue weighted by atomic mass is 35.5. The molecular weight excluding hydrogens is 330 g/mol. The summed E-state index contributed by atoms with van der Waals surface area (Å²) in [5.74, 6) is 0. The van der Waals surface area contributed by atoms with Gasteiger partial charge in [0.1, 0.15) is 5.02 Å². The number of benzene rings is 3. The quantitative estimate of drug-likeness (QED) is 0.516. The van der Waals surface area contributed by atoms with Crippen molar-refractivity contribution in [1.29, 1.82) is 0 Å². The molecule has 7 heteroatoms. The van der Waals surface area contributed by atoms with Gasteiger partial charge in [-0.25, -0.2) is 4.79 Å². The van der Waals surface area contributed by atoms with Crippen molar-refractivity contribution >= 4 is 45.5 Å². The zero-order chi connectivity index (χ0) is 17.1. The summed E-state index contributed by atoms with van der Waals surface area (Å²) >= 11 is 5.75. The first-order valence-electron chi connectivity index (χ1n) is 7.04. The third kappa shape index (κ3) is 3.28. The second kappa shape index (κ2) is 6.55. The highest BCUT2D eigenvalue weighted by molar-refractivity contribution is 6.32. The molecule has 24 heavy (non-hydrogen) atoms. The number of halogens is 1. The van der Waals surface area contributed by atoms with Gasteiger partial charge in [0.2, 0.25) is 0 Å². The number of hydrogen-bond acceptors (Lipinski definition) is 3. The first kappa shape index (κ1) is 15.8. The Balaban J connectivity index is 1.81. The summed E-state index contributed by atoms with van der Waals surface area (Å²) in [5, 5.41) is 18.1. The molecule has 3 aromatic rings. The Morgan fingerprint density at radius 1 is 1.00 bits per heavy atom. The lowest BCUT2D eigenvalue weighted by molar-refractivity contribution is -0.384. The average molecular weight is 342 g/mol. The van der Waals surface area contributed by atoms with Gasteiger partial charge in [0.05, 0.1) is 10.6 Å². The first-order valence-corrected chi connectivity index (χ1v) is 7.42. The Kier molecular flexibility index (Phi) is 4.31. The molecule has 3 aromatic carbocycles. The van der Waals surface area contributed by atoms with E-state index in [-0.39, 0.29) is 16.4 Å². The third-order valence-electron chi connectivity index (χ3n) is 3.44. The second-order valence-electron chi connectivity index (χ2n) is 5.03. The smallest absolute Gasteiger partial charge is 0.307 e. The van der Waals surface area contributed by atoms with Crippen LogP contribution in [-0.2, 0) is 0 Å². The molecule has 120 valence electrons. The molecule has 0 fully saturated rings. The monoisotopic (exact) mass is 341 g/mol. The Labute approximate surface area is 142 Å². The van der Waals surface area contributed by atoms with E-state index in [0.717, 1.165) is 10.8 Å². The minimum atomic E-state index is -0.601. The molecule has 0 atom stereocenters. The number of amides is 2. The Hall–Kier alpha value is -3.12. The summed E-state index contributed by atoms with van der Waals surface area (Å²) in [6.07, 6.45) is 0. The van der Waals surface area contributed by atoms with Gasteiger partial charge in [0, 0.05) is 17.1 Å². The molecule has 0 radical (unpaired) electrons. The van der Waals surface area contributed by atoms with Gasteiger partial charge in [-0.15, -0.1) is 0 Å². The summed E-state index contributed by atoms with van der Waals surface area (Å²) < 4.78 is 0. The molecule has 2 N–H and O–H groups in total. The van der Waals surface area contributed by atoms with Crippen molar-refractivity contribution in [3.63, 3.8) is 0 Å². The largest absolute Gasteiger partial charge is 0.323 e. The molecule has 0 heterocycles. The van der Waals surface area contributed by atoms with Crippen LogP contribution in [0.4, 0.5) is 21.9 Å². The minimum absolute atomic E-state index is 0.0139. The van der Waals surface area contributed by atoms with Crippen molar-refractivity contribution in [2.45, 2.75) is 0 Å². The van der Waals surface area contributed by atoms with E-state index >= 15 is 0 Å². The van der Waals surface area contributed by atoms with Crippen LogP contribution in [0.25, 0.3) is 10.8 Å². The summed E-state index contributed by atoms with van der Waals surface area (Å²) in [6.45, 7) is 0. The van der Waals surface area contributed by atoms with Crippen molar-refractivity contribution < 1.29 is 9.72 Å². The van der Waals surface area contributed by atoms with Crippen molar-refractivity contribution in [2.75, 3.05) is 10.6 Å². The lowest BCUT2D eigenvalue weighted by atomic mass is 10.1. The Bertz CT molecular complexity index is 938. The van der Waals surface area contributed by atoms with Gasteiger partial charge < -0.3 is 10.6 Å². The van der Waals surface area contributed by atoms with Gasteiger partial charge in [-0.1, -0.05) is 48.0 Å². The predicted octanol–water partition coefficient (Wildman–Crippen LogP) is 5.05. The lowest BCUT2D eigenvalue weighted by Crippen LogP contribution is -2.19. The summed E-state index contributed by atoms with van der Waals surface area (Å²) in [7, 11) is 0. The molecule has 0 aliphatic carbocycles. The fourth-order valence-corrected chi connectivity index (χ4v) is 2.54. The number of nitro benzene ring substituents is 1. The molecule has 3 rings (SSSR count). The van der Waals surface area contributed by atoms with Gasteiger partial charge in [0.25, 0.3) is 5.69 Å². The van der Waals surface area contributed by atoms with Crippen molar-refractivity contribution in [2.24, 2.45) is 0 Å². The number of nitrogens with zero attached hydrogens (tertiary/aromatic N) is 1. The number of anilines is 2. The molecule has 0 aliphatic rings. The first-order chi connectivity index (χ1) is 11.5. The molecule has 0 saturated carbocycles. The SMILES string of the molecule is O=C(Nc1ccc(Cl)c([N+](=O)[O-])c1)Nc1cccc2ccccc12. The highest BCUT2D eigenvalue weighted by Gasteiger charge is 2.14. The molecule has 0 aliphatic heterocycles. The van der Waals surface area contributed by atoms with Crippen LogP contribution in [0, 0.1) is 10.1 Å². The van der Waals surface area contributed by atoms with E-state index in [4.69, 9.17) is 11.6 Å². The van der Waals surface area contributed by atoms with Crippen LogP contribution in [0.15, 0.2) is 60.7 Å².